The molecule has 1 aromatic rings. The van der Waals surface area contributed by atoms with Crippen LogP contribution in [0.5, 0.6) is 0 Å². The van der Waals surface area contributed by atoms with Crippen LogP contribution in [0, 0.1) is 5.92 Å². The molecule has 0 aliphatic heterocycles. The summed E-state index contributed by atoms with van der Waals surface area (Å²) in [5, 5.41) is 3.88. The van der Waals surface area contributed by atoms with Crippen LogP contribution >= 0.6 is 23.2 Å². The van der Waals surface area contributed by atoms with E-state index < -0.39 is 5.92 Å². The van der Waals surface area contributed by atoms with Crippen molar-refractivity contribution in [1.82, 2.24) is 0 Å². The molecule has 1 rings (SSSR count). The zero-order valence-electron chi connectivity index (χ0n) is 9.59. The summed E-state index contributed by atoms with van der Waals surface area (Å²) in [6, 6.07) is 5.05. The van der Waals surface area contributed by atoms with E-state index >= 15 is 0 Å². The summed E-state index contributed by atoms with van der Waals surface area (Å²) >= 11 is 11.6. The number of halogens is 2. The lowest BCUT2D eigenvalue weighted by molar-refractivity contribution is -0.129. The van der Waals surface area contributed by atoms with Gasteiger partial charge in [-0.25, -0.2) is 0 Å². The quantitative estimate of drug-likeness (QED) is 0.839. The molecule has 0 aliphatic carbocycles. The molecule has 1 aromatic carbocycles. The van der Waals surface area contributed by atoms with Gasteiger partial charge in [0.2, 0.25) is 0 Å². The van der Waals surface area contributed by atoms with Gasteiger partial charge < -0.3 is 5.32 Å². The van der Waals surface area contributed by atoms with Gasteiger partial charge in [0, 0.05) is 12.2 Å². The maximum Gasteiger partial charge on any atom is 0.142 e. The Balaban J connectivity index is 2.69. The molecule has 0 spiro atoms. The Hall–Kier alpha value is -1.06. The largest absolute Gasteiger partial charge is 0.384 e. The van der Waals surface area contributed by atoms with Gasteiger partial charge >= 0.3 is 0 Å². The fraction of sp³-hybridized carbons (Fsp3) is 0.333. The number of carbonyl (C=O) groups excluding carboxylic acids is 2. The van der Waals surface area contributed by atoms with Crippen molar-refractivity contribution in [2.24, 2.45) is 5.92 Å². The first-order chi connectivity index (χ1) is 7.91. The van der Waals surface area contributed by atoms with Crippen LogP contribution in [0.3, 0.4) is 0 Å². The van der Waals surface area contributed by atoms with E-state index in [1.54, 1.807) is 18.2 Å². The molecule has 0 amide bonds. The number of rotatable bonds is 5. The number of hydrogen-bond acceptors (Lipinski definition) is 3. The van der Waals surface area contributed by atoms with E-state index in [0.717, 1.165) is 5.69 Å². The summed E-state index contributed by atoms with van der Waals surface area (Å²) in [4.78, 5) is 22.4. The normalized spacial score (nSPS) is 10.4. The molecule has 92 valence electrons. The van der Waals surface area contributed by atoms with E-state index in [1.807, 2.05) is 0 Å². The van der Waals surface area contributed by atoms with E-state index in [0.29, 0.717) is 10.0 Å². The van der Waals surface area contributed by atoms with Gasteiger partial charge in [0.25, 0.3) is 0 Å². The van der Waals surface area contributed by atoms with Crippen LogP contribution < -0.4 is 5.32 Å². The lowest BCUT2D eigenvalue weighted by Gasteiger charge is -2.12. The van der Waals surface area contributed by atoms with Gasteiger partial charge in [0.1, 0.15) is 11.6 Å². The number of carbonyl (C=O) groups is 2. The summed E-state index contributed by atoms with van der Waals surface area (Å²) in [5.74, 6) is -0.917. The van der Waals surface area contributed by atoms with Crippen LogP contribution in [0.25, 0.3) is 0 Å². The number of anilines is 1. The molecule has 0 saturated carbocycles. The molecule has 0 bridgehead atoms. The molecule has 0 saturated heterocycles. The van der Waals surface area contributed by atoms with E-state index in [-0.39, 0.29) is 18.1 Å². The zero-order chi connectivity index (χ0) is 13.0. The smallest absolute Gasteiger partial charge is 0.142 e. The van der Waals surface area contributed by atoms with Crippen LogP contribution in [0.15, 0.2) is 18.2 Å². The second-order valence-electron chi connectivity index (χ2n) is 3.78. The summed E-state index contributed by atoms with van der Waals surface area (Å²) in [6.07, 6.45) is 0. The SMILES string of the molecule is CC(=O)C(CNc1ccc(Cl)c(Cl)c1)C(C)=O. The summed E-state index contributed by atoms with van der Waals surface area (Å²) in [5.41, 5.74) is 0.729. The van der Waals surface area contributed by atoms with Gasteiger partial charge in [-0.2, -0.15) is 0 Å². The van der Waals surface area contributed by atoms with Crippen molar-refractivity contribution in [2.45, 2.75) is 13.8 Å². The van der Waals surface area contributed by atoms with E-state index in [9.17, 15) is 9.59 Å². The first-order valence-electron chi connectivity index (χ1n) is 5.11. The first-order valence-corrected chi connectivity index (χ1v) is 5.87. The predicted molar refractivity (Wildman–Crippen MR) is 69.8 cm³/mol. The lowest BCUT2D eigenvalue weighted by Crippen LogP contribution is -2.27. The second-order valence-corrected chi connectivity index (χ2v) is 4.60. The average Bonchev–Trinajstić information content (AvgIpc) is 2.22. The van der Waals surface area contributed by atoms with Gasteiger partial charge in [-0.05, 0) is 32.0 Å². The van der Waals surface area contributed by atoms with Crippen LogP contribution in [-0.4, -0.2) is 18.1 Å². The molecular formula is C12H13Cl2NO2. The first kappa shape index (κ1) is 14.0. The minimum Gasteiger partial charge on any atom is -0.384 e. The Kier molecular flexibility index (Phi) is 4.97. The highest BCUT2D eigenvalue weighted by atomic mass is 35.5. The maximum absolute atomic E-state index is 11.2. The number of benzene rings is 1. The fourth-order valence-corrected chi connectivity index (χ4v) is 1.70. The molecule has 1 N–H and O–H groups in total. The number of ketones is 2. The topological polar surface area (TPSA) is 46.2 Å². The average molecular weight is 274 g/mol. The molecule has 0 fully saturated rings. The van der Waals surface area contributed by atoms with Crippen LogP contribution in [-0.2, 0) is 9.59 Å². The lowest BCUT2D eigenvalue weighted by atomic mass is 10.0. The van der Waals surface area contributed by atoms with Crippen LogP contribution in [0.4, 0.5) is 5.69 Å². The standard InChI is InChI=1S/C12H13Cl2NO2/c1-7(16)10(8(2)17)6-15-9-3-4-11(13)12(14)5-9/h3-5,10,15H,6H2,1-2H3. The molecule has 0 unspecified atom stereocenters. The molecular weight excluding hydrogens is 261 g/mol. The van der Waals surface area contributed by atoms with Gasteiger partial charge in [0.15, 0.2) is 0 Å². The molecule has 0 atom stereocenters. The van der Waals surface area contributed by atoms with Crippen LogP contribution in [0.2, 0.25) is 10.0 Å². The zero-order valence-corrected chi connectivity index (χ0v) is 11.1. The highest BCUT2D eigenvalue weighted by Crippen LogP contribution is 2.25. The van der Waals surface area contributed by atoms with Crippen molar-refractivity contribution < 1.29 is 9.59 Å². The predicted octanol–water partition coefficient (Wildman–Crippen LogP) is 3.20. The second kappa shape index (κ2) is 6.03. The number of Topliss-reactive ketones (excluding diaryl/α,β-unsaturated/α-hetero) is 2. The molecule has 0 aliphatic rings. The van der Waals surface area contributed by atoms with Crippen molar-refractivity contribution in [3.63, 3.8) is 0 Å². The van der Waals surface area contributed by atoms with Crippen molar-refractivity contribution in [1.29, 1.82) is 0 Å². The summed E-state index contributed by atoms with van der Waals surface area (Å²) in [6.45, 7) is 3.08. The molecule has 17 heavy (non-hydrogen) atoms. The Labute approximate surface area is 110 Å². The van der Waals surface area contributed by atoms with Crippen molar-refractivity contribution >= 4 is 40.5 Å². The molecule has 0 aromatic heterocycles. The monoisotopic (exact) mass is 273 g/mol. The third-order valence-electron chi connectivity index (χ3n) is 2.41. The molecule has 5 heteroatoms. The summed E-state index contributed by atoms with van der Waals surface area (Å²) < 4.78 is 0. The third kappa shape index (κ3) is 4.02. The van der Waals surface area contributed by atoms with Gasteiger partial charge in [-0.1, -0.05) is 23.2 Å². The van der Waals surface area contributed by atoms with E-state index in [1.165, 1.54) is 13.8 Å². The Morgan fingerprint density at radius 2 is 1.76 bits per heavy atom. The van der Waals surface area contributed by atoms with E-state index in [2.05, 4.69) is 5.32 Å². The highest BCUT2D eigenvalue weighted by Gasteiger charge is 2.18. The minimum absolute atomic E-state index is 0.148. The Morgan fingerprint density at radius 3 is 2.24 bits per heavy atom. The van der Waals surface area contributed by atoms with Crippen LogP contribution in [0.1, 0.15) is 13.8 Å². The number of nitrogens with one attached hydrogen (secondary N) is 1. The van der Waals surface area contributed by atoms with Crippen molar-refractivity contribution in [2.75, 3.05) is 11.9 Å². The Morgan fingerprint density at radius 1 is 1.18 bits per heavy atom. The van der Waals surface area contributed by atoms with Gasteiger partial charge in [-0.3, -0.25) is 9.59 Å². The Bertz CT molecular complexity index is 432. The molecule has 0 radical (unpaired) electrons. The maximum atomic E-state index is 11.2. The number of hydrogen-bond donors (Lipinski definition) is 1. The third-order valence-corrected chi connectivity index (χ3v) is 3.15. The van der Waals surface area contributed by atoms with Crippen molar-refractivity contribution in [3.05, 3.63) is 28.2 Å². The highest BCUT2D eigenvalue weighted by molar-refractivity contribution is 6.42. The van der Waals surface area contributed by atoms with Crippen molar-refractivity contribution in [3.8, 4) is 0 Å². The molecule has 0 heterocycles. The molecule has 3 nitrogen and oxygen atoms in total. The van der Waals surface area contributed by atoms with Gasteiger partial charge in [0.05, 0.1) is 16.0 Å². The summed E-state index contributed by atoms with van der Waals surface area (Å²) in [7, 11) is 0. The fourth-order valence-electron chi connectivity index (χ4n) is 1.40. The van der Waals surface area contributed by atoms with E-state index in [4.69, 9.17) is 23.2 Å². The van der Waals surface area contributed by atoms with Gasteiger partial charge in [-0.15, -0.1) is 0 Å². The minimum atomic E-state index is -0.621.